The van der Waals surface area contributed by atoms with E-state index in [0.717, 1.165) is 16.3 Å². The maximum atomic E-state index is 12.5. The Morgan fingerprint density at radius 2 is 1.77 bits per heavy atom. The van der Waals surface area contributed by atoms with Crippen LogP contribution in [0.2, 0.25) is 0 Å². The number of amides is 1. The summed E-state index contributed by atoms with van der Waals surface area (Å²) in [6.45, 7) is 6.80. The van der Waals surface area contributed by atoms with Gasteiger partial charge in [0.25, 0.3) is 0 Å². The monoisotopic (exact) mass is 374 g/mol. The Labute approximate surface area is 159 Å². The predicted molar refractivity (Wildman–Crippen MR) is 109 cm³/mol. The van der Waals surface area contributed by atoms with Crippen LogP contribution in [-0.2, 0) is 4.79 Å². The Bertz CT molecular complexity index is 737. The molecule has 2 aromatic rings. The summed E-state index contributed by atoms with van der Waals surface area (Å²) in [6.07, 6.45) is 1.99. The zero-order chi connectivity index (χ0) is 18.9. The van der Waals surface area contributed by atoms with Crippen molar-refractivity contribution in [1.82, 2.24) is 0 Å². The van der Waals surface area contributed by atoms with E-state index in [9.17, 15) is 4.79 Å². The lowest BCUT2D eigenvalue weighted by atomic mass is 10.2. The van der Waals surface area contributed by atoms with Gasteiger partial charge in [0.1, 0.15) is 6.04 Å². The van der Waals surface area contributed by atoms with Crippen molar-refractivity contribution in [2.75, 3.05) is 30.1 Å². The van der Waals surface area contributed by atoms with E-state index in [1.807, 2.05) is 69.5 Å². The normalized spacial score (nSPS) is 11.5. The molecule has 2 rings (SSSR count). The third-order valence-electron chi connectivity index (χ3n) is 3.68. The standard InChI is InChI=1S/C20H26N2O3S/c1-5-24-17-12-11-15(13-18(17)25-6-2)21-14(3)20(23)22-16-9-7-8-10-19(16)26-4/h7-14,21H,5-6H2,1-4H3,(H,22,23)/t14-/m0/s1. The number of hydrogen-bond donors (Lipinski definition) is 2. The molecule has 2 aromatic carbocycles. The predicted octanol–water partition coefficient (Wildman–Crippen LogP) is 4.65. The van der Waals surface area contributed by atoms with Gasteiger partial charge in [-0.1, -0.05) is 12.1 Å². The first-order valence-electron chi connectivity index (χ1n) is 8.69. The molecule has 0 fully saturated rings. The molecule has 0 unspecified atom stereocenters. The summed E-state index contributed by atoms with van der Waals surface area (Å²) < 4.78 is 11.2. The van der Waals surface area contributed by atoms with E-state index >= 15 is 0 Å². The van der Waals surface area contributed by atoms with Gasteiger partial charge in [-0.2, -0.15) is 0 Å². The lowest BCUT2D eigenvalue weighted by molar-refractivity contribution is -0.116. The number of rotatable bonds is 9. The molecule has 6 heteroatoms. The number of carbonyl (C=O) groups is 1. The molecule has 0 aliphatic rings. The van der Waals surface area contributed by atoms with Crippen LogP contribution < -0.4 is 20.1 Å². The summed E-state index contributed by atoms with van der Waals surface area (Å²) in [5.74, 6) is 1.27. The van der Waals surface area contributed by atoms with Crippen molar-refractivity contribution >= 4 is 29.0 Å². The van der Waals surface area contributed by atoms with Crippen molar-refractivity contribution in [3.8, 4) is 11.5 Å². The van der Waals surface area contributed by atoms with Crippen molar-refractivity contribution < 1.29 is 14.3 Å². The van der Waals surface area contributed by atoms with Crippen molar-refractivity contribution in [2.45, 2.75) is 31.7 Å². The fraction of sp³-hybridized carbons (Fsp3) is 0.350. The lowest BCUT2D eigenvalue weighted by Crippen LogP contribution is -2.32. The second-order valence-corrected chi connectivity index (χ2v) is 6.43. The van der Waals surface area contributed by atoms with Gasteiger partial charge in [0.05, 0.1) is 18.9 Å². The van der Waals surface area contributed by atoms with Gasteiger partial charge in [-0.3, -0.25) is 4.79 Å². The van der Waals surface area contributed by atoms with Crippen molar-refractivity contribution in [3.05, 3.63) is 42.5 Å². The highest BCUT2D eigenvalue weighted by molar-refractivity contribution is 7.98. The van der Waals surface area contributed by atoms with E-state index in [1.54, 1.807) is 11.8 Å². The molecule has 0 spiro atoms. The Balaban J connectivity index is 2.07. The lowest BCUT2D eigenvalue weighted by Gasteiger charge is -2.18. The number of benzene rings is 2. The van der Waals surface area contributed by atoms with Gasteiger partial charge >= 0.3 is 0 Å². The van der Waals surface area contributed by atoms with Crippen molar-refractivity contribution in [3.63, 3.8) is 0 Å². The van der Waals surface area contributed by atoms with Crippen LogP contribution in [0.3, 0.4) is 0 Å². The number of nitrogens with one attached hydrogen (secondary N) is 2. The van der Waals surface area contributed by atoms with Gasteiger partial charge in [-0.05, 0) is 51.3 Å². The highest BCUT2D eigenvalue weighted by Gasteiger charge is 2.15. The summed E-state index contributed by atoms with van der Waals surface area (Å²) in [5, 5.41) is 6.19. The molecule has 0 aliphatic heterocycles. The van der Waals surface area contributed by atoms with Gasteiger partial charge in [0, 0.05) is 16.6 Å². The van der Waals surface area contributed by atoms with E-state index in [1.165, 1.54) is 0 Å². The van der Waals surface area contributed by atoms with Crippen LogP contribution in [0.25, 0.3) is 0 Å². The summed E-state index contributed by atoms with van der Waals surface area (Å²) in [4.78, 5) is 13.6. The minimum Gasteiger partial charge on any atom is -0.490 e. The van der Waals surface area contributed by atoms with Crippen LogP contribution in [0, 0.1) is 0 Å². The first-order valence-corrected chi connectivity index (χ1v) is 9.91. The van der Waals surface area contributed by atoms with Gasteiger partial charge < -0.3 is 20.1 Å². The van der Waals surface area contributed by atoms with Gasteiger partial charge in [-0.25, -0.2) is 0 Å². The average Bonchev–Trinajstić information content (AvgIpc) is 2.64. The molecular formula is C20H26N2O3S. The number of anilines is 2. The number of ether oxygens (including phenoxy) is 2. The first-order chi connectivity index (χ1) is 12.6. The Kier molecular flexibility index (Phi) is 7.66. The van der Waals surface area contributed by atoms with Crippen molar-refractivity contribution in [1.29, 1.82) is 0 Å². The summed E-state index contributed by atoms with van der Waals surface area (Å²) in [5.41, 5.74) is 1.62. The van der Waals surface area contributed by atoms with Crippen LogP contribution in [-0.4, -0.2) is 31.4 Å². The number of thioether (sulfide) groups is 1. The molecule has 140 valence electrons. The molecule has 0 aromatic heterocycles. The van der Waals surface area contributed by atoms with Crippen molar-refractivity contribution in [2.24, 2.45) is 0 Å². The number of para-hydroxylation sites is 1. The molecule has 0 saturated carbocycles. The van der Waals surface area contributed by atoms with E-state index < -0.39 is 6.04 Å². The molecule has 0 radical (unpaired) electrons. The quantitative estimate of drug-likeness (QED) is 0.626. The first kappa shape index (κ1) is 20.0. The highest BCUT2D eigenvalue weighted by atomic mass is 32.2. The van der Waals surface area contributed by atoms with Crippen LogP contribution in [0.1, 0.15) is 20.8 Å². The molecular weight excluding hydrogens is 348 g/mol. The maximum Gasteiger partial charge on any atom is 0.246 e. The topological polar surface area (TPSA) is 59.6 Å². The van der Waals surface area contributed by atoms with Gasteiger partial charge in [-0.15, -0.1) is 11.8 Å². The molecule has 0 heterocycles. The second kappa shape index (κ2) is 9.97. The highest BCUT2D eigenvalue weighted by Crippen LogP contribution is 2.31. The fourth-order valence-electron chi connectivity index (χ4n) is 2.45. The van der Waals surface area contributed by atoms with Crippen LogP contribution in [0.15, 0.2) is 47.4 Å². The third-order valence-corrected chi connectivity index (χ3v) is 4.48. The average molecular weight is 375 g/mol. The zero-order valence-corrected chi connectivity index (χ0v) is 16.5. The zero-order valence-electron chi connectivity index (χ0n) is 15.7. The molecule has 1 atom stereocenters. The minimum atomic E-state index is -0.405. The Morgan fingerprint density at radius 3 is 2.46 bits per heavy atom. The fourth-order valence-corrected chi connectivity index (χ4v) is 3.00. The number of hydrogen-bond acceptors (Lipinski definition) is 5. The van der Waals surface area contributed by atoms with Gasteiger partial charge in [0.15, 0.2) is 11.5 Å². The largest absolute Gasteiger partial charge is 0.490 e. The second-order valence-electron chi connectivity index (χ2n) is 5.58. The smallest absolute Gasteiger partial charge is 0.246 e. The van der Waals surface area contributed by atoms with E-state index in [2.05, 4.69) is 10.6 Å². The summed E-state index contributed by atoms with van der Waals surface area (Å²) >= 11 is 1.60. The molecule has 26 heavy (non-hydrogen) atoms. The van der Waals surface area contributed by atoms with E-state index in [-0.39, 0.29) is 5.91 Å². The minimum absolute atomic E-state index is 0.0988. The molecule has 2 N–H and O–H groups in total. The Morgan fingerprint density at radius 1 is 1.08 bits per heavy atom. The van der Waals surface area contributed by atoms with Crippen LogP contribution in [0.4, 0.5) is 11.4 Å². The molecule has 0 aliphatic carbocycles. The molecule has 5 nitrogen and oxygen atoms in total. The Hall–Kier alpha value is -2.34. The summed E-state index contributed by atoms with van der Waals surface area (Å²) in [7, 11) is 0. The molecule has 0 saturated heterocycles. The SMILES string of the molecule is CCOc1ccc(N[C@@H](C)C(=O)Nc2ccccc2SC)cc1OCC. The van der Waals surface area contributed by atoms with Crippen LogP contribution in [0.5, 0.6) is 11.5 Å². The number of carbonyl (C=O) groups excluding carboxylic acids is 1. The molecule has 0 bridgehead atoms. The van der Waals surface area contributed by atoms with E-state index in [0.29, 0.717) is 24.7 Å². The van der Waals surface area contributed by atoms with Gasteiger partial charge in [0.2, 0.25) is 5.91 Å². The van der Waals surface area contributed by atoms with E-state index in [4.69, 9.17) is 9.47 Å². The maximum absolute atomic E-state index is 12.5. The van der Waals surface area contributed by atoms with Crippen LogP contribution >= 0.6 is 11.8 Å². The third kappa shape index (κ3) is 5.33. The molecule has 1 amide bonds. The summed E-state index contributed by atoms with van der Waals surface area (Å²) in [6, 6.07) is 12.9.